The third-order valence-corrected chi connectivity index (χ3v) is 3.19. The number of hydrogen-bond acceptors (Lipinski definition) is 0. The lowest BCUT2D eigenvalue weighted by Gasteiger charge is -2.26. The Morgan fingerprint density at radius 3 is 2.00 bits per heavy atom. The van der Waals surface area contributed by atoms with Gasteiger partial charge in [0.25, 0.3) is 5.92 Å². The molecule has 0 heterocycles. The summed E-state index contributed by atoms with van der Waals surface area (Å²) >= 11 is 0. The van der Waals surface area contributed by atoms with Gasteiger partial charge >= 0.3 is 0 Å². The standard InChI is InChI=1S/C15H22F2/c1-10(2)15(16,17)13-9-12(14(4,5)6)8-7-11(13)3/h7-10H,1-6H3. The molecule has 0 radical (unpaired) electrons. The molecular weight excluding hydrogens is 218 g/mol. The van der Waals surface area contributed by atoms with E-state index >= 15 is 0 Å². The number of rotatable bonds is 2. The molecule has 17 heavy (non-hydrogen) atoms. The minimum Gasteiger partial charge on any atom is -0.201 e. The van der Waals surface area contributed by atoms with E-state index in [9.17, 15) is 8.78 Å². The number of halogens is 2. The summed E-state index contributed by atoms with van der Waals surface area (Å²) in [5, 5.41) is 0. The number of alkyl halides is 2. The second kappa shape index (κ2) is 4.40. The lowest BCUT2D eigenvalue weighted by atomic mass is 9.83. The van der Waals surface area contributed by atoms with Crippen molar-refractivity contribution >= 4 is 0 Å². The molecule has 0 nitrogen and oxygen atoms in total. The third-order valence-electron chi connectivity index (χ3n) is 3.19. The van der Waals surface area contributed by atoms with Gasteiger partial charge in [0.05, 0.1) is 0 Å². The van der Waals surface area contributed by atoms with Crippen LogP contribution >= 0.6 is 0 Å². The lowest BCUT2D eigenvalue weighted by molar-refractivity contribution is -0.0520. The number of hydrogen-bond donors (Lipinski definition) is 0. The van der Waals surface area contributed by atoms with Gasteiger partial charge in [-0.25, -0.2) is 8.78 Å². The second-order valence-corrected chi connectivity index (χ2v) is 6.06. The molecule has 0 bridgehead atoms. The monoisotopic (exact) mass is 240 g/mol. The molecule has 0 fully saturated rings. The van der Waals surface area contributed by atoms with Crippen LogP contribution in [0, 0.1) is 12.8 Å². The van der Waals surface area contributed by atoms with E-state index in [-0.39, 0.29) is 11.0 Å². The van der Waals surface area contributed by atoms with Gasteiger partial charge in [0, 0.05) is 11.5 Å². The highest BCUT2D eigenvalue weighted by atomic mass is 19.3. The maximum atomic E-state index is 14.1. The fourth-order valence-corrected chi connectivity index (χ4v) is 1.76. The minimum atomic E-state index is -2.76. The van der Waals surface area contributed by atoms with Gasteiger partial charge in [-0.2, -0.15) is 0 Å². The smallest absolute Gasteiger partial charge is 0.201 e. The summed E-state index contributed by atoms with van der Waals surface area (Å²) in [6, 6.07) is 5.40. The van der Waals surface area contributed by atoms with Gasteiger partial charge in [0.1, 0.15) is 0 Å². The van der Waals surface area contributed by atoms with Crippen molar-refractivity contribution in [1.82, 2.24) is 0 Å². The van der Waals surface area contributed by atoms with E-state index < -0.39 is 11.8 Å². The first-order valence-electron chi connectivity index (χ1n) is 6.06. The molecule has 0 atom stereocenters. The molecule has 0 aromatic heterocycles. The van der Waals surface area contributed by atoms with Crippen molar-refractivity contribution in [2.45, 2.75) is 52.9 Å². The van der Waals surface area contributed by atoms with Crippen molar-refractivity contribution in [3.8, 4) is 0 Å². The first-order valence-corrected chi connectivity index (χ1v) is 6.06. The quantitative estimate of drug-likeness (QED) is 0.679. The van der Waals surface area contributed by atoms with Gasteiger partial charge < -0.3 is 0 Å². The third kappa shape index (κ3) is 2.85. The lowest BCUT2D eigenvalue weighted by Crippen LogP contribution is -2.23. The van der Waals surface area contributed by atoms with Crippen molar-refractivity contribution in [3.63, 3.8) is 0 Å². The van der Waals surface area contributed by atoms with Crippen LogP contribution < -0.4 is 0 Å². The fourth-order valence-electron chi connectivity index (χ4n) is 1.76. The summed E-state index contributed by atoms with van der Waals surface area (Å²) in [5.41, 5.74) is 1.69. The molecular formula is C15H22F2. The van der Waals surface area contributed by atoms with Crippen molar-refractivity contribution in [2.24, 2.45) is 5.92 Å². The highest BCUT2D eigenvalue weighted by Gasteiger charge is 2.37. The van der Waals surface area contributed by atoms with Crippen molar-refractivity contribution in [1.29, 1.82) is 0 Å². The first kappa shape index (κ1) is 14.1. The van der Waals surface area contributed by atoms with Crippen LogP contribution in [0.15, 0.2) is 18.2 Å². The summed E-state index contributed by atoms with van der Waals surface area (Å²) < 4.78 is 28.2. The predicted molar refractivity (Wildman–Crippen MR) is 68.6 cm³/mol. The molecule has 0 aliphatic rings. The molecule has 0 spiro atoms. The summed E-state index contributed by atoms with van der Waals surface area (Å²) in [7, 11) is 0. The Morgan fingerprint density at radius 1 is 1.06 bits per heavy atom. The van der Waals surface area contributed by atoms with Crippen LogP contribution in [0.3, 0.4) is 0 Å². The molecule has 0 aliphatic heterocycles. The van der Waals surface area contributed by atoms with E-state index in [4.69, 9.17) is 0 Å². The Balaban J connectivity index is 3.34. The zero-order valence-corrected chi connectivity index (χ0v) is 11.6. The Morgan fingerprint density at radius 2 is 1.59 bits per heavy atom. The summed E-state index contributed by atoms with van der Waals surface area (Å²) in [4.78, 5) is 0. The van der Waals surface area contributed by atoms with Gasteiger partial charge in [-0.15, -0.1) is 0 Å². The fraction of sp³-hybridized carbons (Fsp3) is 0.600. The van der Waals surface area contributed by atoms with Crippen LogP contribution in [-0.4, -0.2) is 0 Å². The van der Waals surface area contributed by atoms with Crippen LogP contribution in [0.25, 0.3) is 0 Å². The van der Waals surface area contributed by atoms with Crippen molar-refractivity contribution in [3.05, 3.63) is 34.9 Å². The average molecular weight is 240 g/mol. The summed E-state index contributed by atoms with van der Waals surface area (Å²) in [6.07, 6.45) is 0. The SMILES string of the molecule is Cc1ccc(C(C)(C)C)cc1C(F)(F)C(C)C. The maximum absolute atomic E-state index is 14.1. The van der Waals surface area contributed by atoms with Crippen LogP contribution in [0.5, 0.6) is 0 Å². The molecule has 0 saturated carbocycles. The average Bonchev–Trinajstić information content (AvgIpc) is 2.15. The minimum absolute atomic E-state index is 0.102. The first-order chi connectivity index (χ1) is 7.56. The Hall–Kier alpha value is -0.920. The molecule has 1 aromatic carbocycles. The second-order valence-electron chi connectivity index (χ2n) is 6.06. The van der Waals surface area contributed by atoms with E-state index in [1.807, 2.05) is 26.8 Å². The Bertz CT molecular complexity index is 398. The number of aryl methyl sites for hydroxylation is 1. The molecule has 1 rings (SSSR count). The van der Waals surface area contributed by atoms with E-state index in [1.165, 1.54) is 0 Å². The molecule has 0 unspecified atom stereocenters. The molecule has 2 heteroatoms. The van der Waals surface area contributed by atoms with Crippen LogP contribution in [0.1, 0.15) is 51.3 Å². The molecule has 1 aromatic rings. The van der Waals surface area contributed by atoms with Gasteiger partial charge in [-0.1, -0.05) is 46.8 Å². The largest absolute Gasteiger partial charge is 0.275 e. The molecule has 0 N–H and O–H groups in total. The predicted octanol–water partition coefficient (Wildman–Crippen LogP) is 5.04. The number of benzene rings is 1. The van der Waals surface area contributed by atoms with Gasteiger partial charge in [0.2, 0.25) is 0 Å². The molecule has 96 valence electrons. The van der Waals surface area contributed by atoms with Crippen LogP contribution in [-0.2, 0) is 11.3 Å². The van der Waals surface area contributed by atoms with E-state index in [0.717, 1.165) is 5.56 Å². The zero-order chi connectivity index (χ0) is 13.4. The van der Waals surface area contributed by atoms with E-state index in [1.54, 1.807) is 32.9 Å². The topological polar surface area (TPSA) is 0 Å². The summed E-state index contributed by atoms with van der Waals surface area (Å²) in [5.74, 6) is -3.44. The zero-order valence-electron chi connectivity index (χ0n) is 11.6. The molecule has 0 aliphatic carbocycles. The Labute approximate surface area is 103 Å². The van der Waals surface area contributed by atoms with Crippen LogP contribution in [0.4, 0.5) is 8.78 Å². The summed E-state index contributed by atoms with van der Waals surface area (Å²) in [6.45, 7) is 11.0. The molecule has 0 saturated heterocycles. The molecule has 0 amide bonds. The van der Waals surface area contributed by atoms with Gasteiger partial charge in [-0.3, -0.25) is 0 Å². The normalized spacial score (nSPS) is 13.2. The van der Waals surface area contributed by atoms with Crippen molar-refractivity contribution in [2.75, 3.05) is 0 Å². The van der Waals surface area contributed by atoms with E-state index in [0.29, 0.717) is 5.56 Å². The van der Waals surface area contributed by atoms with E-state index in [2.05, 4.69) is 0 Å². The van der Waals surface area contributed by atoms with Gasteiger partial charge in [0.15, 0.2) is 0 Å². The van der Waals surface area contributed by atoms with Gasteiger partial charge in [-0.05, 0) is 29.5 Å². The highest BCUT2D eigenvalue weighted by molar-refractivity contribution is 5.37. The highest BCUT2D eigenvalue weighted by Crippen LogP contribution is 2.39. The van der Waals surface area contributed by atoms with Crippen LogP contribution in [0.2, 0.25) is 0 Å². The Kier molecular flexibility index (Phi) is 3.66. The van der Waals surface area contributed by atoms with Crippen molar-refractivity contribution < 1.29 is 8.78 Å². The maximum Gasteiger partial charge on any atom is 0.275 e.